The smallest absolute Gasteiger partial charge is 0.335 e. The average molecular weight is 373 g/mol. The standard InChI is InChI=1S/C14H10BrFO4S/c15-11-5-4-10(13(16)7-11)8-21(19,20)12-3-1-2-9(6-12)14(17)18/h1-7H,8H2,(H,17,18). The number of benzene rings is 2. The fourth-order valence-corrected chi connectivity index (χ4v) is 3.49. The van der Waals surface area contributed by atoms with Gasteiger partial charge in [0.2, 0.25) is 0 Å². The number of carboxylic acid groups (broad SMARTS) is 1. The second kappa shape index (κ2) is 5.95. The van der Waals surface area contributed by atoms with Crippen LogP contribution < -0.4 is 0 Å². The van der Waals surface area contributed by atoms with E-state index >= 15 is 0 Å². The minimum absolute atomic E-state index is 0.0268. The fourth-order valence-electron chi connectivity index (χ4n) is 1.75. The molecule has 2 aromatic carbocycles. The van der Waals surface area contributed by atoms with Gasteiger partial charge in [-0.3, -0.25) is 0 Å². The first-order chi connectivity index (χ1) is 9.79. The minimum Gasteiger partial charge on any atom is -0.478 e. The number of hydrogen-bond acceptors (Lipinski definition) is 3. The third-order valence-electron chi connectivity index (χ3n) is 2.80. The van der Waals surface area contributed by atoms with Crippen molar-refractivity contribution in [3.05, 3.63) is 63.9 Å². The lowest BCUT2D eigenvalue weighted by atomic mass is 10.2. The molecular formula is C14H10BrFO4S. The van der Waals surface area contributed by atoms with E-state index in [4.69, 9.17) is 5.11 Å². The highest BCUT2D eigenvalue weighted by Crippen LogP contribution is 2.21. The second-order valence-electron chi connectivity index (χ2n) is 4.33. The number of carboxylic acids is 1. The van der Waals surface area contributed by atoms with Crippen LogP contribution in [-0.2, 0) is 15.6 Å². The summed E-state index contributed by atoms with van der Waals surface area (Å²) in [5.74, 6) is -2.39. The van der Waals surface area contributed by atoms with Gasteiger partial charge in [0, 0.05) is 10.0 Å². The van der Waals surface area contributed by atoms with Gasteiger partial charge in [-0.05, 0) is 30.3 Å². The van der Waals surface area contributed by atoms with Gasteiger partial charge in [-0.1, -0.05) is 28.1 Å². The van der Waals surface area contributed by atoms with Gasteiger partial charge in [-0.25, -0.2) is 17.6 Å². The van der Waals surface area contributed by atoms with E-state index in [9.17, 15) is 17.6 Å². The zero-order valence-corrected chi connectivity index (χ0v) is 13.0. The van der Waals surface area contributed by atoms with Crippen LogP contribution in [0.15, 0.2) is 51.8 Å². The molecule has 0 spiro atoms. The normalized spacial score (nSPS) is 11.3. The van der Waals surface area contributed by atoms with Crippen LogP contribution in [0.1, 0.15) is 15.9 Å². The van der Waals surface area contributed by atoms with Gasteiger partial charge in [0.15, 0.2) is 9.84 Å². The third kappa shape index (κ3) is 3.68. The molecule has 0 radical (unpaired) electrons. The van der Waals surface area contributed by atoms with Crippen molar-refractivity contribution in [1.29, 1.82) is 0 Å². The molecule has 0 unspecified atom stereocenters. The molecule has 1 N–H and O–H groups in total. The number of aromatic carboxylic acids is 1. The highest BCUT2D eigenvalue weighted by molar-refractivity contribution is 9.10. The Labute approximate surface area is 129 Å². The predicted molar refractivity (Wildman–Crippen MR) is 78.4 cm³/mol. The van der Waals surface area contributed by atoms with Crippen LogP contribution in [0.4, 0.5) is 4.39 Å². The molecule has 0 aromatic heterocycles. The molecule has 0 aliphatic heterocycles. The minimum atomic E-state index is -3.82. The number of rotatable bonds is 4. The Morgan fingerprint density at radius 3 is 2.52 bits per heavy atom. The number of carbonyl (C=O) groups is 1. The molecule has 0 aliphatic carbocycles. The summed E-state index contributed by atoms with van der Waals surface area (Å²) in [6, 6.07) is 9.08. The molecule has 0 bridgehead atoms. The molecule has 2 rings (SSSR count). The van der Waals surface area contributed by atoms with Gasteiger partial charge in [0.25, 0.3) is 0 Å². The topological polar surface area (TPSA) is 71.4 Å². The molecule has 110 valence electrons. The van der Waals surface area contributed by atoms with Crippen LogP contribution in [-0.4, -0.2) is 19.5 Å². The van der Waals surface area contributed by atoms with Gasteiger partial charge < -0.3 is 5.11 Å². The van der Waals surface area contributed by atoms with E-state index in [1.165, 1.54) is 30.3 Å². The van der Waals surface area contributed by atoms with Gasteiger partial charge in [-0.15, -0.1) is 0 Å². The van der Waals surface area contributed by atoms with Crippen molar-refractivity contribution in [3.63, 3.8) is 0 Å². The number of sulfone groups is 1. The zero-order chi connectivity index (χ0) is 15.6. The van der Waals surface area contributed by atoms with E-state index in [1.54, 1.807) is 6.07 Å². The van der Waals surface area contributed by atoms with E-state index in [1.807, 2.05) is 0 Å². The Morgan fingerprint density at radius 1 is 1.19 bits per heavy atom. The maximum absolute atomic E-state index is 13.7. The van der Waals surface area contributed by atoms with Crippen molar-refractivity contribution in [3.8, 4) is 0 Å². The van der Waals surface area contributed by atoms with E-state index < -0.39 is 27.4 Å². The maximum atomic E-state index is 13.7. The van der Waals surface area contributed by atoms with Crippen molar-refractivity contribution in [2.75, 3.05) is 0 Å². The highest BCUT2D eigenvalue weighted by Gasteiger charge is 2.19. The molecule has 2 aromatic rings. The van der Waals surface area contributed by atoms with Gasteiger partial charge in [-0.2, -0.15) is 0 Å². The summed E-state index contributed by atoms with van der Waals surface area (Å²) in [5, 5.41) is 8.88. The molecule has 21 heavy (non-hydrogen) atoms. The summed E-state index contributed by atoms with van der Waals surface area (Å²) in [4.78, 5) is 10.7. The highest BCUT2D eigenvalue weighted by atomic mass is 79.9. The average Bonchev–Trinajstić information content (AvgIpc) is 2.42. The fraction of sp³-hybridized carbons (Fsp3) is 0.0714. The van der Waals surface area contributed by atoms with Crippen LogP contribution in [0.2, 0.25) is 0 Å². The summed E-state index contributed by atoms with van der Waals surface area (Å²) in [6.45, 7) is 0. The summed E-state index contributed by atoms with van der Waals surface area (Å²) < 4.78 is 38.7. The SMILES string of the molecule is O=C(O)c1cccc(S(=O)(=O)Cc2ccc(Br)cc2F)c1. The predicted octanol–water partition coefficient (Wildman–Crippen LogP) is 3.26. The van der Waals surface area contributed by atoms with E-state index in [-0.39, 0.29) is 16.0 Å². The molecular weight excluding hydrogens is 363 g/mol. The van der Waals surface area contributed by atoms with Crippen LogP contribution in [0.3, 0.4) is 0 Å². The summed E-state index contributed by atoms with van der Waals surface area (Å²) in [7, 11) is -3.82. The summed E-state index contributed by atoms with van der Waals surface area (Å²) >= 11 is 3.09. The molecule has 0 aliphatic rings. The lowest BCUT2D eigenvalue weighted by molar-refractivity contribution is 0.0696. The lowest BCUT2D eigenvalue weighted by Gasteiger charge is -2.07. The number of halogens is 2. The van der Waals surface area contributed by atoms with Crippen molar-refractivity contribution >= 4 is 31.7 Å². The Bertz CT molecular complexity index is 802. The van der Waals surface area contributed by atoms with Crippen LogP contribution in [0, 0.1) is 5.82 Å². The molecule has 0 atom stereocenters. The first-order valence-corrected chi connectivity index (χ1v) is 8.24. The number of hydrogen-bond donors (Lipinski definition) is 1. The van der Waals surface area contributed by atoms with Gasteiger partial charge in [0.05, 0.1) is 16.2 Å². The Hall–Kier alpha value is -1.73. The van der Waals surface area contributed by atoms with Gasteiger partial charge >= 0.3 is 5.97 Å². The Balaban J connectivity index is 2.38. The molecule has 0 fully saturated rings. The molecule has 0 amide bonds. The van der Waals surface area contributed by atoms with Crippen molar-refractivity contribution < 1.29 is 22.7 Å². The maximum Gasteiger partial charge on any atom is 0.335 e. The summed E-state index contributed by atoms with van der Waals surface area (Å²) in [6.07, 6.45) is 0. The van der Waals surface area contributed by atoms with Crippen LogP contribution in [0.5, 0.6) is 0 Å². The van der Waals surface area contributed by atoms with Crippen LogP contribution >= 0.6 is 15.9 Å². The lowest BCUT2D eigenvalue weighted by Crippen LogP contribution is -2.08. The second-order valence-corrected chi connectivity index (χ2v) is 7.23. The molecule has 0 saturated heterocycles. The monoisotopic (exact) mass is 372 g/mol. The van der Waals surface area contributed by atoms with E-state index in [0.29, 0.717) is 4.47 Å². The van der Waals surface area contributed by atoms with Gasteiger partial charge in [0.1, 0.15) is 5.82 Å². The van der Waals surface area contributed by atoms with Crippen LogP contribution in [0.25, 0.3) is 0 Å². The third-order valence-corrected chi connectivity index (χ3v) is 4.96. The zero-order valence-electron chi connectivity index (χ0n) is 10.6. The molecule has 0 saturated carbocycles. The summed E-state index contributed by atoms with van der Waals surface area (Å²) in [5.41, 5.74) is -0.105. The van der Waals surface area contributed by atoms with Crippen molar-refractivity contribution in [2.45, 2.75) is 10.6 Å². The first kappa shape index (κ1) is 15.7. The van der Waals surface area contributed by atoms with Crippen molar-refractivity contribution in [1.82, 2.24) is 0 Å². The molecule has 0 heterocycles. The van der Waals surface area contributed by atoms with E-state index in [0.717, 1.165) is 6.07 Å². The van der Waals surface area contributed by atoms with Crippen molar-refractivity contribution in [2.24, 2.45) is 0 Å². The Kier molecular flexibility index (Phi) is 4.43. The molecule has 7 heteroatoms. The Morgan fingerprint density at radius 2 is 1.90 bits per heavy atom. The quantitative estimate of drug-likeness (QED) is 0.893. The molecule has 4 nitrogen and oxygen atoms in total. The largest absolute Gasteiger partial charge is 0.478 e. The first-order valence-electron chi connectivity index (χ1n) is 5.79. The van der Waals surface area contributed by atoms with E-state index in [2.05, 4.69) is 15.9 Å².